The summed E-state index contributed by atoms with van der Waals surface area (Å²) in [4.78, 5) is 24.4. The predicted molar refractivity (Wildman–Crippen MR) is 73.2 cm³/mol. The standard InChI is InChI=1S/C13H21NO3S/c1-10(15)14-11(9-18-13(14,2)3)7-5-6-8-12(16)17-4/h5,7,11H,6,8-9H2,1-4H3/b7-5+. The fraction of sp³-hybridized carbons (Fsp3) is 0.692. The van der Waals surface area contributed by atoms with Crippen molar-refractivity contribution in [2.45, 2.75) is 44.5 Å². The maximum absolute atomic E-state index is 11.7. The molecule has 0 aliphatic carbocycles. The lowest BCUT2D eigenvalue weighted by molar-refractivity contribution is -0.140. The largest absolute Gasteiger partial charge is 0.469 e. The Labute approximate surface area is 113 Å². The minimum Gasteiger partial charge on any atom is -0.469 e. The molecular weight excluding hydrogens is 250 g/mol. The summed E-state index contributed by atoms with van der Waals surface area (Å²) in [5.74, 6) is 0.790. The quantitative estimate of drug-likeness (QED) is 0.581. The Bertz CT molecular complexity index is 352. The maximum Gasteiger partial charge on any atom is 0.305 e. The second-order valence-electron chi connectivity index (χ2n) is 4.76. The summed E-state index contributed by atoms with van der Waals surface area (Å²) in [6, 6.07) is 0.125. The first-order valence-electron chi connectivity index (χ1n) is 6.06. The van der Waals surface area contributed by atoms with Crippen LogP contribution in [0.15, 0.2) is 12.2 Å². The Balaban J connectivity index is 2.54. The SMILES string of the molecule is COC(=O)CC/C=C/C1CSC(C)(C)N1C(C)=O. The second-order valence-corrected chi connectivity index (χ2v) is 6.38. The second kappa shape index (κ2) is 6.27. The summed E-state index contributed by atoms with van der Waals surface area (Å²) in [6.07, 6.45) is 5.02. The highest BCUT2D eigenvalue weighted by molar-refractivity contribution is 8.00. The van der Waals surface area contributed by atoms with Gasteiger partial charge in [0.2, 0.25) is 5.91 Å². The number of nitrogens with zero attached hydrogens (tertiary/aromatic N) is 1. The summed E-state index contributed by atoms with van der Waals surface area (Å²) < 4.78 is 4.57. The van der Waals surface area contributed by atoms with E-state index in [1.165, 1.54) is 7.11 Å². The van der Waals surface area contributed by atoms with Gasteiger partial charge in [-0.1, -0.05) is 12.2 Å². The first-order chi connectivity index (χ1) is 8.38. The Hall–Kier alpha value is -0.970. The van der Waals surface area contributed by atoms with Gasteiger partial charge in [0.25, 0.3) is 0 Å². The molecule has 5 heteroatoms. The fourth-order valence-electron chi connectivity index (χ4n) is 2.14. The lowest BCUT2D eigenvalue weighted by Crippen LogP contribution is -2.44. The van der Waals surface area contributed by atoms with Crippen molar-refractivity contribution in [3.8, 4) is 0 Å². The van der Waals surface area contributed by atoms with Crippen LogP contribution in [0.3, 0.4) is 0 Å². The van der Waals surface area contributed by atoms with E-state index in [2.05, 4.69) is 18.6 Å². The molecule has 0 aromatic heterocycles. The van der Waals surface area contributed by atoms with Crippen molar-refractivity contribution < 1.29 is 14.3 Å². The topological polar surface area (TPSA) is 46.6 Å². The Morgan fingerprint density at radius 3 is 2.72 bits per heavy atom. The molecule has 1 unspecified atom stereocenters. The molecule has 0 radical (unpaired) electrons. The van der Waals surface area contributed by atoms with Gasteiger partial charge in [-0.05, 0) is 20.3 Å². The smallest absolute Gasteiger partial charge is 0.305 e. The molecule has 4 nitrogen and oxygen atoms in total. The van der Waals surface area contributed by atoms with Gasteiger partial charge in [-0.15, -0.1) is 11.8 Å². The van der Waals surface area contributed by atoms with E-state index in [1.54, 1.807) is 18.7 Å². The fourth-order valence-corrected chi connectivity index (χ4v) is 3.39. The summed E-state index contributed by atoms with van der Waals surface area (Å²) in [7, 11) is 1.39. The summed E-state index contributed by atoms with van der Waals surface area (Å²) in [5, 5.41) is 0. The third kappa shape index (κ3) is 3.77. The van der Waals surface area contributed by atoms with Crippen molar-refractivity contribution in [1.29, 1.82) is 0 Å². The molecule has 0 spiro atoms. The first kappa shape index (κ1) is 15.1. The average molecular weight is 271 g/mol. The van der Waals surface area contributed by atoms with Crippen LogP contribution in [0.1, 0.15) is 33.6 Å². The van der Waals surface area contributed by atoms with Crippen molar-refractivity contribution in [2.75, 3.05) is 12.9 Å². The minimum absolute atomic E-state index is 0.0904. The molecule has 18 heavy (non-hydrogen) atoms. The number of hydrogen-bond donors (Lipinski definition) is 0. The maximum atomic E-state index is 11.7. The van der Waals surface area contributed by atoms with Crippen LogP contribution in [0.25, 0.3) is 0 Å². The monoisotopic (exact) mass is 271 g/mol. The molecule has 0 bridgehead atoms. The van der Waals surface area contributed by atoms with Gasteiger partial charge in [0, 0.05) is 19.1 Å². The molecule has 1 heterocycles. The lowest BCUT2D eigenvalue weighted by Gasteiger charge is -2.32. The van der Waals surface area contributed by atoms with E-state index in [9.17, 15) is 9.59 Å². The van der Waals surface area contributed by atoms with Crippen molar-refractivity contribution in [2.24, 2.45) is 0 Å². The molecule has 0 N–H and O–H groups in total. The van der Waals surface area contributed by atoms with Gasteiger partial charge in [-0.2, -0.15) is 0 Å². The number of esters is 1. The zero-order chi connectivity index (χ0) is 13.8. The van der Waals surface area contributed by atoms with Crippen LogP contribution < -0.4 is 0 Å². The van der Waals surface area contributed by atoms with Gasteiger partial charge in [0.05, 0.1) is 18.0 Å². The number of allylic oxidation sites excluding steroid dienone is 1. The number of carbonyl (C=O) groups is 2. The predicted octanol–water partition coefficient (Wildman–Crippen LogP) is 2.20. The van der Waals surface area contributed by atoms with Gasteiger partial charge in [-0.25, -0.2) is 0 Å². The number of hydrogen-bond acceptors (Lipinski definition) is 4. The number of carbonyl (C=O) groups excluding carboxylic acids is 2. The van der Waals surface area contributed by atoms with E-state index in [-0.39, 0.29) is 22.8 Å². The third-order valence-corrected chi connectivity index (χ3v) is 4.37. The molecular formula is C13H21NO3S. The molecule has 102 valence electrons. The van der Waals surface area contributed by atoms with E-state index < -0.39 is 0 Å². The first-order valence-corrected chi connectivity index (χ1v) is 7.04. The molecule has 1 aliphatic heterocycles. The summed E-state index contributed by atoms with van der Waals surface area (Å²) in [6.45, 7) is 5.71. The third-order valence-electron chi connectivity index (χ3n) is 2.96. The number of ether oxygens (including phenoxy) is 1. The van der Waals surface area contributed by atoms with E-state index in [0.29, 0.717) is 12.8 Å². The van der Waals surface area contributed by atoms with E-state index in [4.69, 9.17) is 0 Å². The number of methoxy groups -OCH3 is 1. The molecule has 1 rings (SSSR count). The molecule has 0 aromatic carbocycles. The number of amides is 1. The molecule has 0 aromatic rings. The molecule has 1 saturated heterocycles. The van der Waals surface area contributed by atoms with Gasteiger partial charge < -0.3 is 9.64 Å². The molecule has 1 amide bonds. The highest BCUT2D eigenvalue weighted by atomic mass is 32.2. The molecule has 1 atom stereocenters. The Kier molecular flexibility index (Phi) is 5.26. The lowest BCUT2D eigenvalue weighted by atomic mass is 10.2. The zero-order valence-corrected chi connectivity index (χ0v) is 12.3. The van der Waals surface area contributed by atoms with E-state index >= 15 is 0 Å². The van der Waals surface area contributed by atoms with Crippen molar-refractivity contribution in [3.63, 3.8) is 0 Å². The highest BCUT2D eigenvalue weighted by Crippen LogP contribution is 2.39. The van der Waals surface area contributed by atoms with Crippen molar-refractivity contribution in [3.05, 3.63) is 12.2 Å². The zero-order valence-electron chi connectivity index (χ0n) is 11.4. The normalized spacial score (nSPS) is 22.4. The molecule has 0 saturated carbocycles. The Morgan fingerprint density at radius 2 is 2.17 bits per heavy atom. The highest BCUT2D eigenvalue weighted by Gasteiger charge is 2.40. The summed E-state index contributed by atoms with van der Waals surface area (Å²) >= 11 is 1.78. The summed E-state index contributed by atoms with van der Waals surface area (Å²) in [5.41, 5.74) is 0. The van der Waals surface area contributed by atoms with Crippen LogP contribution in [-0.4, -0.2) is 40.6 Å². The molecule has 1 aliphatic rings. The van der Waals surface area contributed by atoms with E-state index in [0.717, 1.165) is 5.75 Å². The average Bonchev–Trinajstić information content (AvgIpc) is 2.59. The van der Waals surface area contributed by atoms with Crippen LogP contribution in [0.2, 0.25) is 0 Å². The Morgan fingerprint density at radius 1 is 1.50 bits per heavy atom. The van der Waals surface area contributed by atoms with Crippen LogP contribution >= 0.6 is 11.8 Å². The minimum atomic E-state index is -0.204. The van der Waals surface area contributed by atoms with Gasteiger partial charge in [-0.3, -0.25) is 9.59 Å². The van der Waals surface area contributed by atoms with Crippen LogP contribution in [-0.2, 0) is 14.3 Å². The molecule has 1 fully saturated rings. The van der Waals surface area contributed by atoms with Crippen LogP contribution in [0.5, 0.6) is 0 Å². The van der Waals surface area contributed by atoms with E-state index in [1.807, 2.05) is 17.1 Å². The van der Waals surface area contributed by atoms with Crippen LogP contribution in [0.4, 0.5) is 0 Å². The van der Waals surface area contributed by atoms with Gasteiger partial charge in [0.1, 0.15) is 0 Å². The van der Waals surface area contributed by atoms with Crippen molar-refractivity contribution >= 4 is 23.6 Å². The van der Waals surface area contributed by atoms with Crippen LogP contribution in [0, 0.1) is 0 Å². The number of thioether (sulfide) groups is 1. The van der Waals surface area contributed by atoms with Gasteiger partial charge in [0.15, 0.2) is 0 Å². The van der Waals surface area contributed by atoms with Gasteiger partial charge >= 0.3 is 5.97 Å². The van der Waals surface area contributed by atoms with Crippen molar-refractivity contribution in [1.82, 2.24) is 4.90 Å². The number of rotatable bonds is 4.